The first-order chi connectivity index (χ1) is 27.7. The molecule has 5 aromatic carbocycles. The Morgan fingerprint density at radius 1 is 0.768 bits per heavy atom. The van der Waals surface area contributed by atoms with Crippen LogP contribution in [0, 0.1) is 19.0 Å². The van der Waals surface area contributed by atoms with Gasteiger partial charge in [0.1, 0.15) is 0 Å². The number of fused-ring (bicyclic) bond motifs is 4. The number of aromatic nitrogens is 4. The van der Waals surface area contributed by atoms with Gasteiger partial charge in [-0.3, -0.25) is 4.98 Å². The molecule has 4 heterocycles. The van der Waals surface area contributed by atoms with Crippen molar-refractivity contribution in [2.45, 2.75) is 50.3 Å². The number of para-hydroxylation sites is 2. The van der Waals surface area contributed by atoms with Gasteiger partial charge in [-0.15, -0.1) is 18.2 Å². The summed E-state index contributed by atoms with van der Waals surface area (Å²) < 4.78 is 33.2. The number of rotatable bonds is 5. The molecule has 1 radical (unpaired) electrons. The molecule has 0 saturated heterocycles. The summed E-state index contributed by atoms with van der Waals surface area (Å²) >= 11 is -1.72. The Balaban J connectivity index is 0.000000262. The molecular weight excluding hydrogens is 925 g/mol. The first-order valence-electron chi connectivity index (χ1n) is 20.0. The van der Waals surface area contributed by atoms with E-state index < -0.39 is 20.1 Å². The molecule has 5 nitrogen and oxygen atoms in total. The van der Waals surface area contributed by atoms with Crippen LogP contribution >= 0.6 is 0 Å². The zero-order valence-electron chi connectivity index (χ0n) is 35.3. The van der Waals surface area contributed by atoms with E-state index in [4.69, 9.17) is 13.5 Å². The number of hydrogen-bond donors (Lipinski definition) is 0. The number of imidazole rings is 1. The van der Waals surface area contributed by atoms with Crippen LogP contribution in [0.1, 0.15) is 36.0 Å². The van der Waals surface area contributed by atoms with E-state index >= 15 is 0 Å². The molecular formula is C49H44GeIrN4O-2. The van der Waals surface area contributed by atoms with Crippen molar-refractivity contribution in [1.82, 2.24) is 19.5 Å². The van der Waals surface area contributed by atoms with E-state index in [1.165, 1.54) is 9.96 Å². The van der Waals surface area contributed by atoms with Gasteiger partial charge in [0, 0.05) is 41.5 Å². The van der Waals surface area contributed by atoms with Gasteiger partial charge in [-0.05, 0) is 59.3 Å². The number of nitrogens with zero attached hydrogens (tertiary/aromatic N) is 4. The van der Waals surface area contributed by atoms with Crippen molar-refractivity contribution in [2.24, 2.45) is 0 Å². The average Bonchev–Trinajstić information content (AvgIpc) is 3.80. The van der Waals surface area contributed by atoms with E-state index in [0.717, 1.165) is 61.3 Å². The molecule has 0 unspecified atom stereocenters. The molecule has 4 aromatic heterocycles. The minimum Gasteiger partial charge on any atom is 0 e. The number of benzene rings is 5. The van der Waals surface area contributed by atoms with Crippen molar-refractivity contribution in [3.8, 4) is 39.5 Å². The van der Waals surface area contributed by atoms with Crippen molar-refractivity contribution in [3.05, 3.63) is 163 Å². The van der Waals surface area contributed by atoms with Crippen LogP contribution in [-0.4, -0.2) is 32.8 Å². The Hall–Kier alpha value is -5.14. The molecule has 0 amide bonds. The summed E-state index contributed by atoms with van der Waals surface area (Å²) in [4.78, 5) is 14.1. The standard InChI is InChI=1S/C35H28N3O.C14H16GeN.Ir/c1-22-12-14-23(15-13-22)26-20-21-36-34-31(26)27-8-7-9-28(32(27)39-34)33-37-29-10-5-6-11-30(29)38(33)25-18-16-24(17-19-25)35(2,3)4;1-15(2,3)13-9-10-14(16-11-13)12-7-5-4-6-8-12;/h5-8,10-21H,1-4H3;4-7,9-11H,1-3H3;/q2*-1;/i1D3;;. The van der Waals surface area contributed by atoms with Crippen molar-refractivity contribution < 1.29 is 28.6 Å². The molecule has 0 bridgehead atoms. The van der Waals surface area contributed by atoms with Gasteiger partial charge in [-0.1, -0.05) is 85.8 Å². The molecule has 9 rings (SSSR count). The van der Waals surface area contributed by atoms with Gasteiger partial charge in [-0.2, -0.15) is 0 Å². The van der Waals surface area contributed by atoms with E-state index in [9.17, 15) is 0 Å². The topological polar surface area (TPSA) is 56.7 Å². The number of hydrogen-bond acceptors (Lipinski definition) is 4. The van der Waals surface area contributed by atoms with Gasteiger partial charge >= 0.3 is 99.8 Å². The van der Waals surface area contributed by atoms with E-state index in [1.807, 2.05) is 79.0 Å². The summed E-state index contributed by atoms with van der Waals surface area (Å²) in [6, 6.07) is 48.4. The fraction of sp³-hybridized carbons (Fsp3) is 0.163. The van der Waals surface area contributed by atoms with Crippen molar-refractivity contribution in [3.63, 3.8) is 0 Å². The number of furan rings is 1. The Labute approximate surface area is 349 Å². The molecule has 0 saturated carbocycles. The maximum atomic E-state index is 7.72. The van der Waals surface area contributed by atoms with Gasteiger partial charge in [0.15, 0.2) is 0 Å². The van der Waals surface area contributed by atoms with Crippen molar-refractivity contribution in [2.75, 3.05) is 0 Å². The van der Waals surface area contributed by atoms with Crippen LogP contribution < -0.4 is 4.40 Å². The minimum absolute atomic E-state index is 0. The zero-order valence-corrected chi connectivity index (χ0v) is 36.8. The van der Waals surface area contributed by atoms with Crippen LogP contribution in [0.2, 0.25) is 17.3 Å². The van der Waals surface area contributed by atoms with Gasteiger partial charge in [-0.25, -0.2) is 4.98 Å². The summed E-state index contributed by atoms with van der Waals surface area (Å²) in [7, 11) is 0. The molecule has 281 valence electrons. The van der Waals surface area contributed by atoms with Crippen LogP contribution in [0.4, 0.5) is 0 Å². The van der Waals surface area contributed by atoms with Gasteiger partial charge in [0.05, 0.1) is 22.4 Å². The fourth-order valence-electron chi connectivity index (χ4n) is 6.84. The Morgan fingerprint density at radius 2 is 1.54 bits per heavy atom. The normalized spacial score (nSPS) is 12.7. The zero-order chi connectivity index (χ0) is 40.8. The summed E-state index contributed by atoms with van der Waals surface area (Å²) in [6.07, 6.45) is 3.75. The van der Waals surface area contributed by atoms with Crippen LogP contribution in [0.3, 0.4) is 0 Å². The molecule has 56 heavy (non-hydrogen) atoms. The largest absolute Gasteiger partial charge is 0 e. The minimum atomic E-state index is -2.16. The summed E-state index contributed by atoms with van der Waals surface area (Å²) in [5, 5.41) is 1.75. The van der Waals surface area contributed by atoms with Crippen LogP contribution in [0.5, 0.6) is 0 Å². The summed E-state index contributed by atoms with van der Waals surface area (Å²) in [6.45, 7) is 4.47. The van der Waals surface area contributed by atoms with E-state index in [1.54, 1.807) is 18.3 Å². The fourth-order valence-corrected chi connectivity index (χ4v) is 9.01. The second-order valence-electron chi connectivity index (χ2n) is 15.8. The quantitative estimate of drug-likeness (QED) is 0.127. The predicted molar refractivity (Wildman–Crippen MR) is 231 cm³/mol. The maximum absolute atomic E-state index is 7.72. The van der Waals surface area contributed by atoms with Crippen LogP contribution in [0.15, 0.2) is 144 Å². The Morgan fingerprint density at radius 3 is 2.21 bits per heavy atom. The molecule has 0 aliphatic rings. The second-order valence-corrected chi connectivity index (χ2v) is 26.5. The third kappa shape index (κ3) is 7.79. The first kappa shape index (κ1) is 35.3. The smallest absolute Gasteiger partial charge is 0 e. The SMILES string of the molecule is [2H]C([2H])([2H])c1ccc(-c2ccnc3oc4c(-c5nc6ccccc6n5-c5ccc(C(C)(C)C)cc5)[c-]ccc4c23)cc1.[CH3][Ge]([CH3])([CH3])[c]1ccc(-c2[c-]cccc2)nc1.[Ir]. The van der Waals surface area contributed by atoms with Crippen molar-refractivity contribution in [1.29, 1.82) is 0 Å². The third-order valence-electron chi connectivity index (χ3n) is 9.92. The Bertz CT molecular complexity index is 2870. The van der Waals surface area contributed by atoms with Crippen LogP contribution in [-0.2, 0) is 25.5 Å². The monoisotopic (exact) mass is 974 g/mol. The molecule has 0 atom stereocenters. The maximum Gasteiger partial charge on any atom is 0 e. The van der Waals surface area contributed by atoms with Gasteiger partial charge in [0.2, 0.25) is 5.71 Å². The predicted octanol–water partition coefficient (Wildman–Crippen LogP) is 12.2. The van der Waals surface area contributed by atoms with E-state index in [2.05, 4.69) is 107 Å². The van der Waals surface area contributed by atoms with Gasteiger partial charge < -0.3 is 8.98 Å². The molecule has 7 heteroatoms. The van der Waals surface area contributed by atoms with Crippen molar-refractivity contribution >= 4 is 50.8 Å². The first-order valence-corrected chi connectivity index (χ1v) is 25.9. The Kier molecular flexibility index (Phi) is 9.94. The van der Waals surface area contributed by atoms with Gasteiger partial charge in [0.25, 0.3) is 0 Å². The second kappa shape index (κ2) is 15.8. The molecule has 0 aliphatic heterocycles. The number of pyridine rings is 2. The number of aryl methyl sites for hydroxylation is 1. The average molecular weight is 973 g/mol. The van der Waals surface area contributed by atoms with Crippen LogP contribution in [0.25, 0.3) is 72.6 Å². The summed E-state index contributed by atoms with van der Waals surface area (Å²) in [5.41, 5.74) is 10.2. The van der Waals surface area contributed by atoms with E-state index in [0.29, 0.717) is 16.9 Å². The molecule has 0 fully saturated rings. The molecule has 0 N–H and O–H groups in total. The van der Waals surface area contributed by atoms with E-state index in [-0.39, 0.29) is 25.5 Å². The summed E-state index contributed by atoms with van der Waals surface area (Å²) in [5.74, 6) is 7.87. The third-order valence-corrected chi connectivity index (χ3v) is 14.2. The molecule has 0 aliphatic carbocycles. The molecule has 0 spiro atoms. The molecule has 9 aromatic rings.